The lowest BCUT2D eigenvalue weighted by atomic mass is 10.5. The molecule has 4 heteroatoms. The van der Waals surface area contributed by atoms with Crippen molar-refractivity contribution < 1.29 is 0 Å². The zero-order chi connectivity index (χ0) is 8.53. The van der Waals surface area contributed by atoms with E-state index < -0.39 is 0 Å². The Balaban J connectivity index is 3.54. The van der Waals surface area contributed by atoms with Crippen LogP contribution in [0.3, 0.4) is 0 Å². The molecule has 0 aliphatic rings. The normalized spacial score (nSPS) is 9.09. The van der Waals surface area contributed by atoms with Crippen molar-refractivity contribution in [3.05, 3.63) is 0 Å². The summed E-state index contributed by atoms with van der Waals surface area (Å²) in [5, 5.41) is 16.7. The van der Waals surface area contributed by atoms with E-state index in [4.69, 9.17) is 10.5 Å². The fraction of sp³-hybridized carbons (Fsp3) is 0.714. The Morgan fingerprint density at radius 1 is 1.27 bits per heavy atom. The van der Waals surface area contributed by atoms with Gasteiger partial charge in [0.15, 0.2) is 0 Å². The third kappa shape index (κ3) is 5.72. The third-order valence-corrected chi connectivity index (χ3v) is 1.79. The molecule has 0 amide bonds. The van der Waals surface area contributed by atoms with E-state index in [1.807, 2.05) is 23.3 Å². The Labute approximate surface area is 71.6 Å². The Morgan fingerprint density at radius 2 is 1.82 bits per heavy atom. The topological polar surface area (TPSA) is 50.8 Å². The van der Waals surface area contributed by atoms with Crippen LogP contribution in [0.25, 0.3) is 0 Å². The standard InChI is InChI=1S/C7H11N3S/c1-11-7-6-10(4-2-8)5-3-9/h4-7H2,1H3. The quantitative estimate of drug-likeness (QED) is 0.568. The molecule has 0 bridgehead atoms. The molecule has 0 N–H and O–H groups in total. The predicted molar refractivity (Wildman–Crippen MR) is 46.0 cm³/mol. The summed E-state index contributed by atoms with van der Waals surface area (Å²) >= 11 is 1.72. The van der Waals surface area contributed by atoms with E-state index >= 15 is 0 Å². The highest BCUT2D eigenvalue weighted by atomic mass is 32.2. The van der Waals surface area contributed by atoms with E-state index in [0.717, 1.165) is 12.3 Å². The van der Waals surface area contributed by atoms with Crippen molar-refractivity contribution in [2.75, 3.05) is 31.6 Å². The Kier molecular flexibility index (Phi) is 6.92. The van der Waals surface area contributed by atoms with Crippen LogP contribution >= 0.6 is 11.8 Å². The van der Waals surface area contributed by atoms with Gasteiger partial charge in [-0.1, -0.05) is 0 Å². The van der Waals surface area contributed by atoms with Crippen LogP contribution in [0.4, 0.5) is 0 Å². The summed E-state index contributed by atoms with van der Waals surface area (Å²) in [5.41, 5.74) is 0. The zero-order valence-corrected chi connectivity index (χ0v) is 7.39. The first-order chi connectivity index (χ1) is 5.35. The summed E-state index contributed by atoms with van der Waals surface area (Å²) in [6.45, 7) is 1.53. The number of nitrogens with zero attached hydrogens (tertiary/aromatic N) is 3. The summed E-state index contributed by atoms with van der Waals surface area (Å²) in [6.07, 6.45) is 2.01. The summed E-state index contributed by atoms with van der Waals surface area (Å²) in [4.78, 5) is 1.83. The molecule has 0 radical (unpaired) electrons. The van der Waals surface area contributed by atoms with Gasteiger partial charge in [0.2, 0.25) is 0 Å². The third-order valence-electron chi connectivity index (χ3n) is 1.20. The van der Waals surface area contributed by atoms with E-state index in [2.05, 4.69) is 0 Å². The first-order valence-corrected chi connectivity index (χ1v) is 4.69. The molecule has 11 heavy (non-hydrogen) atoms. The van der Waals surface area contributed by atoms with E-state index in [-0.39, 0.29) is 0 Å². The number of rotatable bonds is 5. The van der Waals surface area contributed by atoms with Gasteiger partial charge < -0.3 is 0 Å². The highest BCUT2D eigenvalue weighted by Gasteiger charge is 2.00. The smallest absolute Gasteiger partial charge is 0.0874 e. The van der Waals surface area contributed by atoms with Crippen molar-refractivity contribution in [1.82, 2.24) is 4.90 Å². The zero-order valence-electron chi connectivity index (χ0n) is 6.58. The predicted octanol–water partition coefficient (Wildman–Crippen LogP) is 0.699. The molecule has 0 aromatic heterocycles. The Hall–Kier alpha value is -0.710. The van der Waals surface area contributed by atoms with Crippen LogP contribution in [0.15, 0.2) is 0 Å². The molecule has 60 valence electrons. The molecule has 0 saturated carbocycles. The lowest BCUT2D eigenvalue weighted by Crippen LogP contribution is -2.26. The average Bonchev–Trinajstić information content (AvgIpc) is 2.01. The van der Waals surface area contributed by atoms with Gasteiger partial charge >= 0.3 is 0 Å². The second-order valence-electron chi connectivity index (χ2n) is 2.02. The number of hydrogen-bond donors (Lipinski definition) is 0. The molecule has 0 aliphatic carbocycles. The summed E-state index contributed by atoms with van der Waals surface area (Å²) in [7, 11) is 0. The van der Waals surface area contributed by atoms with Crippen LogP contribution in [-0.4, -0.2) is 36.5 Å². The molecule has 3 nitrogen and oxygen atoms in total. The van der Waals surface area contributed by atoms with Gasteiger partial charge in [0.25, 0.3) is 0 Å². The highest BCUT2D eigenvalue weighted by Crippen LogP contribution is 1.94. The molecule has 0 aromatic rings. The molecule has 0 heterocycles. The van der Waals surface area contributed by atoms with Gasteiger partial charge in [0.1, 0.15) is 0 Å². The van der Waals surface area contributed by atoms with Gasteiger partial charge in [-0.2, -0.15) is 22.3 Å². The summed E-state index contributed by atoms with van der Waals surface area (Å²) in [6, 6.07) is 4.05. The Bertz CT molecular complexity index is 152. The minimum absolute atomic E-state index is 0.355. The maximum atomic E-state index is 8.35. The maximum absolute atomic E-state index is 8.35. The van der Waals surface area contributed by atoms with Gasteiger partial charge in [-0.15, -0.1) is 0 Å². The first-order valence-electron chi connectivity index (χ1n) is 3.30. The van der Waals surface area contributed by atoms with Crippen molar-refractivity contribution in [2.45, 2.75) is 0 Å². The maximum Gasteiger partial charge on any atom is 0.0874 e. The number of thioether (sulfide) groups is 1. The second kappa shape index (κ2) is 7.40. The van der Waals surface area contributed by atoms with Crippen molar-refractivity contribution in [2.24, 2.45) is 0 Å². The molecule has 0 unspecified atom stereocenters. The molecule has 0 atom stereocenters. The molecular weight excluding hydrogens is 158 g/mol. The van der Waals surface area contributed by atoms with Crippen LogP contribution in [0.1, 0.15) is 0 Å². The number of hydrogen-bond acceptors (Lipinski definition) is 4. The van der Waals surface area contributed by atoms with E-state index in [1.165, 1.54) is 0 Å². The van der Waals surface area contributed by atoms with Crippen LogP contribution in [-0.2, 0) is 0 Å². The van der Waals surface area contributed by atoms with Crippen molar-refractivity contribution in [3.63, 3.8) is 0 Å². The first kappa shape index (κ1) is 10.3. The van der Waals surface area contributed by atoms with E-state index in [9.17, 15) is 0 Å². The lowest BCUT2D eigenvalue weighted by Gasteiger charge is -2.13. The molecule has 0 aliphatic heterocycles. The van der Waals surface area contributed by atoms with Crippen LogP contribution in [0.5, 0.6) is 0 Å². The van der Waals surface area contributed by atoms with Crippen LogP contribution < -0.4 is 0 Å². The fourth-order valence-electron chi connectivity index (χ4n) is 0.634. The van der Waals surface area contributed by atoms with E-state index in [1.54, 1.807) is 11.8 Å². The SMILES string of the molecule is CSCCN(CC#N)CC#N. The summed E-state index contributed by atoms with van der Waals surface area (Å²) in [5.74, 6) is 0.976. The van der Waals surface area contributed by atoms with Gasteiger partial charge in [0, 0.05) is 12.3 Å². The largest absolute Gasteiger partial charge is 0.277 e. The Morgan fingerprint density at radius 3 is 2.18 bits per heavy atom. The minimum atomic E-state index is 0.355. The average molecular weight is 169 g/mol. The molecule has 0 fully saturated rings. The van der Waals surface area contributed by atoms with Crippen molar-refractivity contribution in [1.29, 1.82) is 10.5 Å². The molecule has 0 spiro atoms. The van der Waals surface area contributed by atoms with Gasteiger partial charge in [-0.25, -0.2) is 0 Å². The second-order valence-corrected chi connectivity index (χ2v) is 3.01. The van der Waals surface area contributed by atoms with Gasteiger partial charge in [-0.05, 0) is 6.26 Å². The number of nitriles is 2. The van der Waals surface area contributed by atoms with E-state index in [0.29, 0.717) is 13.1 Å². The molecular formula is C7H11N3S. The van der Waals surface area contributed by atoms with Crippen LogP contribution in [0.2, 0.25) is 0 Å². The van der Waals surface area contributed by atoms with Crippen molar-refractivity contribution >= 4 is 11.8 Å². The summed E-state index contributed by atoms with van der Waals surface area (Å²) < 4.78 is 0. The molecule has 0 saturated heterocycles. The lowest BCUT2D eigenvalue weighted by molar-refractivity contribution is 0.365. The van der Waals surface area contributed by atoms with Crippen LogP contribution in [0, 0.1) is 22.7 Å². The molecule has 0 rings (SSSR count). The van der Waals surface area contributed by atoms with Crippen molar-refractivity contribution in [3.8, 4) is 12.1 Å². The van der Waals surface area contributed by atoms with Gasteiger partial charge in [-0.3, -0.25) is 4.90 Å². The fourth-order valence-corrected chi connectivity index (χ4v) is 1.08. The van der Waals surface area contributed by atoms with Gasteiger partial charge in [0.05, 0.1) is 25.2 Å². The minimum Gasteiger partial charge on any atom is -0.277 e. The highest BCUT2D eigenvalue weighted by molar-refractivity contribution is 7.98. The molecule has 0 aromatic carbocycles. The monoisotopic (exact) mass is 169 g/mol.